The van der Waals surface area contributed by atoms with E-state index in [4.69, 9.17) is 4.74 Å². The van der Waals surface area contributed by atoms with Gasteiger partial charge in [0.2, 0.25) is 5.91 Å². The summed E-state index contributed by atoms with van der Waals surface area (Å²) in [6, 6.07) is 8.19. The maximum absolute atomic E-state index is 14.0. The lowest BCUT2D eigenvalue weighted by Gasteiger charge is -2.28. The standard InChI is InChI=1S/C33H49F2N3O6S.ClH/c1-6-10-28(11-7-2)45(42,43)21-30(38-33(41)44-22(4)5)32(40)37-29(17-25-15-26(34)18-27(35)16-25)31(39)20-36-19-24-13-9-12-23(8-3)14-24;/h9,12-16,18,22,28-31,36,39H,6-8,10-11,17,19-21H2,1-5H3,(H,37,40)(H,38,41);1H/t29-,30+,31+;/m0./s1. The molecule has 4 N–H and O–H groups in total. The normalized spacial score (nSPS) is 13.5. The van der Waals surface area contributed by atoms with E-state index in [-0.39, 0.29) is 30.9 Å². The smallest absolute Gasteiger partial charge is 0.408 e. The first-order valence-corrected chi connectivity index (χ1v) is 17.4. The van der Waals surface area contributed by atoms with E-state index < -0.39 is 68.8 Å². The molecule has 0 saturated heterocycles. The number of rotatable bonds is 19. The van der Waals surface area contributed by atoms with Gasteiger partial charge in [0.05, 0.1) is 29.3 Å². The second-order valence-electron chi connectivity index (χ2n) is 11.6. The fourth-order valence-electron chi connectivity index (χ4n) is 5.10. The fraction of sp³-hybridized carbons (Fsp3) is 0.576. The molecule has 0 heterocycles. The van der Waals surface area contributed by atoms with Gasteiger partial charge in [0.25, 0.3) is 0 Å². The zero-order valence-corrected chi connectivity index (χ0v) is 29.0. The molecule has 2 aromatic rings. The van der Waals surface area contributed by atoms with Crippen LogP contribution < -0.4 is 16.0 Å². The van der Waals surface area contributed by atoms with Crippen molar-refractivity contribution in [3.8, 4) is 0 Å². The lowest BCUT2D eigenvalue weighted by molar-refractivity contribution is -0.124. The molecule has 13 heteroatoms. The number of aliphatic hydroxyl groups excluding tert-OH is 1. The second kappa shape index (κ2) is 20.4. The number of halogens is 3. The molecule has 0 aliphatic rings. The summed E-state index contributed by atoms with van der Waals surface area (Å²) in [7, 11) is -3.85. The van der Waals surface area contributed by atoms with Gasteiger partial charge in [-0.15, -0.1) is 12.4 Å². The number of hydrogen-bond donors (Lipinski definition) is 4. The quantitative estimate of drug-likeness (QED) is 0.163. The van der Waals surface area contributed by atoms with Gasteiger partial charge < -0.3 is 25.8 Å². The first-order chi connectivity index (χ1) is 21.3. The number of hydrogen-bond acceptors (Lipinski definition) is 7. The van der Waals surface area contributed by atoms with Crippen molar-refractivity contribution in [1.29, 1.82) is 0 Å². The van der Waals surface area contributed by atoms with Gasteiger partial charge in [-0.25, -0.2) is 22.0 Å². The van der Waals surface area contributed by atoms with E-state index in [1.165, 1.54) is 0 Å². The van der Waals surface area contributed by atoms with Crippen molar-refractivity contribution < 1.29 is 36.6 Å². The van der Waals surface area contributed by atoms with Gasteiger partial charge >= 0.3 is 6.09 Å². The summed E-state index contributed by atoms with van der Waals surface area (Å²) in [5.74, 6) is -3.19. The number of amides is 2. The Morgan fingerprint density at radius 2 is 1.52 bits per heavy atom. The zero-order chi connectivity index (χ0) is 33.6. The Labute approximate surface area is 278 Å². The molecular weight excluding hydrogens is 640 g/mol. The van der Waals surface area contributed by atoms with Crippen LogP contribution >= 0.6 is 12.4 Å². The Hall–Kier alpha value is -2.80. The molecule has 46 heavy (non-hydrogen) atoms. The maximum atomic E-state index is 14.0. The number of carbonyl (C=O) groups excluding carboxylic acids is 2. The summed E-state index contributed by atoms with van der Waals surface area (Å²) in [6.45, 7) is 9.43. The molecule has 0 radical (unpaired) electrons. The number of alkyl carbamates (subject to hydrolysis) is 1. The number of aryl methyl sites for hydroxylation is 1. The number of aliphatic hydroxyl groups is 1. The van der Waals surface area contributed by atoms with Crippen molar-refractivity contribution in [2.45, 2.75) is 109 Å². The predicted octanol–water partition coefficient (Wildman–Crippen LogP) is 5.01. The molecule has 0 aliphatic carbocycles. The number of ether oxygens (including phenoxy) is 1. The zero-order valence-electron chi connectivity index (χ0n) is 27.4. The lowest BCUT2D eigenvalue weighted by Crippen LogP contribution is -2.57. The topological polar surface area (TPSA) is 134 Å². The molecule has 2 aromatic carbocycles. The van der Waals surface area contributed by atoms with Crippen LogP contribution in [0.4, 0.5) is 13.6 Å². The van der Waals surface area contributed by atoms with Gasteiger partial charge in [0.15, 0.2) is 9.84 Å². The molecule has 0 aliphatic heterocycles. The van der Waals surface area contributed by atoms with Crippen molar-refractivity contribution in [2.24, 2.45) is 0 Å². The molecule has 0 unspecified atom stereocenters. The average molecular weight is 690 g/mol. The number of benzene rings is 2. The first kappa shape index (κ1) is 41.2. The van der Waals surface area contributed by atoms with E-state index >= 15 is 0 Å². The van der Waals surface area contributed by atoms with Crippen LogP contribution in [0.3, 0.4) is 0 Å². The minimum absolute atomic E-state index is 0. The maximum Gasteiger partial charge on any atom is 0.408 e. The predicted molar refractivity (Wildman–Crippen MR) is 179 cm³/mol. The fourth-order valence-corrected chi connectivity index (χ4v) is 7.27. The highest BCUT2D eigenvalue weighted by atomic mass is 35.5. The molecular formula is C33H50ClF2N3O6S. The summed E-state index contributed by atoms with van der Waals surface area (Å²) in [5, 5.41) is 18.7. The Morgan fingerprint density at radius 1 is 0.913 bits per heavy atom. The van der Waals surface area contributed by atoms with E-state index in [0.717, 1.165) is 29.7 Å². The molecule has 3 atom stereocenters. The second-order valence-corrected chi connectivity index (χ2v) is 14.0. The van der Waals surface area contributed by atoms with Crippen molar-refractivity contribution in [1.82, 2.24) is 16.0 Å². The molecule has 9 nitrogen and oxygen atoms in total. The van der Waals surface area contributed by atoms with Gasteiger partial charge in [-0.1, -0.05) is 57.9 Å². The highest BCUT2D eigenvalue weighted by molar-refractivity contribution is 7.92. The first-order valence-electron chi connectivity index (χ1n) is 15.7. The Balaban J connectivity index is 0.0000106. The van der Waals surface area contributed by atoms with Crippen molar-refractivity contribution in [2.75, 3.05) is 12.3 Å². The van der Waals surface area contributed by atoms with Crippen LogP contribution in [-0.2, 0) is 38.8 Å². The van der Waals surface area contributed by atoms with E-state index in [1.807, 2.05) is 45.0 Å². The van der Waals surface area contributed by atoms with Gasteiger partial charge in [-0.05, 0) is 68.4 Å². The number of nitrogens with one attached hydrogen (secondary N) is 3. The summed E-state index contributed by atoms with van der Waals surface area (Å²) in [6.07, 6.45) is 0.00192. The van der Waals surface area contributed by atoms with Crippen LogP contribution in [0.15, 0.2) is 42.5 Å². The summed E-state index contributed by atoms with van der Waals surface area (Å²) < 4.78 is 60.0. The third-order valence-electron chi connectivity index (χ3n) is 7.33. The van der Waals surface area contributed by atoms with Gasteiger partial charge in [-0.2, -0.15) is 0 Å². The molecule has 0 spiro atoms. The van der Waals surface area contributed by atoms with Crippen LogP contribution in [0, 0.1) is 11.6 Å². The average Bonchev–Trinajstić information content (AvgIpc) is 2.95. The largest absolute Gasteiger partial charge is 0.447 e. The Bertz CT molecular complexity index is 1320. The SMILES string of the molecule is CCCC(CCC)S(=O)(=O)C[C@@H](NC(=O)OC(C)C)C(=O)N[C@@H](Cc1cc(F)cc(F)c1)[C@H](O)CNCc1cccc(CC)c1.Cl. The van der Waals surface area contributed by atoms with Crippen LogP contribution in [0.1, 0.15) is 77.0 Å². The van der Waals surface area contributed by atoms with E-state index in [0.29, 0.717) is 38.3 Å². The van der Waals surface area contributed by atoms with Crippen molar-refractivity contribution in [3.05, 3.63) is 70.8 Å². The third-order valence-corrected chi connectivity index (χ3v) is 9.62. The van der Waals surface area contributed by atoms with Crippen molar-refractivity contribution >= 4 is 34.2 Å². The van der Waals surface area contributed by atoms with Gasteiger partial charge in [0.1, 0.15) is 17.7 Å². The minimum Gasteiger partial charge on any atom is -0.447 e. The molecule has 2 amide bonds. The van der Waals surface area contributed by atoms with Crippen LogP contribution in [-0.4, -0.2) is 67.4 Å². The van der Waals surface area contributed by atoms with E-state index in [1.54, 1.807) is 13.8 Å². The number of sulfone groups is 1. The lowest BCUT2D eigenvalue weighted by atomic mass is 10.00. The summed E-state index contributed by atoms with van der Waals surface area (Å²) >= 11 is 0. The Morgan fingerprint density at radius 3 is 2.09 bits per heavy atom. The molecule has 0 fully saturated rings. The number of carbonyl (C=O) groups is 2. The summed E-state index contributed by atoms with van der Waals surface area (Å²) in [4.78, 5) is 26.2. The van der Waals surface area contributed by atoms with Gasteiger partial charge in [0, 0.05) is 19.2 Å². The minimum atomic E-state index is -3.85. The van der Waals surface area contributed by atoms with E-state index in [2.05, 4.69) is 16.0 Å². The highest BCUT2D eigenvalue weighted by Crippen LogP contribution is 2.18. The third kappa shape index (κ3) is 14.3. The van der Waals surface area contributed by atoms with Crippen LogP contribution in [0.2, 0.25) is 0 Å². The molecule has 0 aromatic heterocycles. The monoisotopic (exact) mass is 689 g/mol. The molecule has 260 valence electrons. The molecule has 2 rings (SSSR count). The van der Waals surface area contributed by atoms with Crippen LogP contribution in [0.25, 0.3) is 0 Å². The summed E-state index contributed by atoms with van der Waals surface area (Å²) in [5.41, 5.74) is 2.31. The molecule has 0 saturated carbocycles. The van der Waals surface area contributed by atoms with Gasteiger partial charge in [-0.3, -0.25) is 4.79 Å². The van der Waals surface area contributed by atoms with E-state index in [9.17, 15) is 31.9 Å². The Kier molecular flexibility index (Phi) is 18.3. The highest BCUT2D eigenvalue weighted by Gasteiger charge is 2.34. The van der Waals surface area contributed by atoms with Crippen molar-refractivity contribution in [3.63, 3.8) is 0 Å². The van der Waals surface area contributed by atoms with Crippen LogP contribution in [0.5, 0.6) is 0 Å². The molecule has 0 bridgehead atoms.